The lowest BCUT2D eigenvalue weighted by molar-refractivity contribution is -0.110. The summed E-state index contributed by atoms with van der Waals surface area (Å²) < 4.78 is 7.39. The molecule has 1 aliphatic heterocycles. The Balaban J connectivity index is 1.82. The van der Waals surface area contributed by atoms with Gasteiger partial charge in [-0.3, -0.25) is 25.1 Å². The van der Waals surface area contributed by atoms with Gasteiger partial charge in [-0.25, -0.2) is 0 Å². The molecule has 1 atom stereocenters. The van der Waals surface area contributed by atoms with Gasteiger partial charge in [0.1, 0.15) is 5.69 Å². The van der Waals surface area contributed by atoms with Gasteiger partial charge < -0.3 is 9.72 Å². The SMILES string of the molecule is O=CNNC(=O)c1[nH]c2c(Cl)c(Cl)ccc2c1-c1cnn(C2CCCOC2)c1. The topological polar surface area (TPSA) is 101 Å². The molecule has 1 fully saturated rings. The Labute approximate surface area is 170 Å². The number of nitrogens with one attached hydrogen (secondary N) is 3. The molecule has 1 aromatic carbocycles. The average Bonchev–Trinajstić information content (AvgIpc) is 3.34. The highest BCUT2D eigenvalue weighted by atomic mass is 35.5. The minimum atomic E-state index is -0.515. The van der Waals surface area contributed by atoms with Crippen LogP contribution in [0.4, 0.5) is 0 Å². The fourth-order valence-corrected chi connectivity index (χ4v) is 3.80. The van der Waals surface area contributed by atoms with Crippen LogP contribution in [0, 0.1) is 0 Å². The number of aromatic amines is 1. The number of ether oxygens (including phenoxy) is 1. The van der Waals surface area contributed by atoms with Crippen LogP contribution in [0.5, 0.6) is 0 Å². The summed E-state index contributed by atoms with van der Waals surface area (Å²) in [6, 6.07) is 3.62. The monoisotopic (exact) mass is 421 g/mol. The summed E-state index contributed by atoms with van der Waals surface area (Å²) >= 11 is 12.5. The van der Waals surface area contributed by atoms with Crippen molar-refractivity contribution in [2.45, 2.75) is 18.9 Å². The molecule has 0 bridgehead atoms. The number of benzene rings is 1. The van der Waals surface area contributed by atoms with E-state index in [1.165, 1.54) is 0 Å². The van der Waals surface area contributed by atoms with Gasteiger partial charge in [-0.1, -0.05) is 29.3 Å². The van der Waals surface area contributed by atoms with E-state index in [0.29, 0.717) is 34.1 Å². The number of hydrogen-bond acceptors (Lipinski definition) is 4. The van der Waals surface area contributed by atoms with Gasteiger partial charge in [0.05, 0.1) is 34.4 Å². The summed E-state index contributed by atoms with van der Waals surface area (Å²) in [4.78, 5) is 26.2. The molecule has 2 amide bonds. The van der Waals surface area contributed by atoms with Crippen LogP contribution in [0.1, 0.15) is 29.4 Å². The first-order valence-corrected chi connectivity index (χ1v) is 9.47. The number of halogens is 2. The third kappa shape index (κ3) is 3.34. The molecule has 4 rings (SSSR count). The number of nitrogens with zero attached hydrogens (tertiary/aromatic N) is 2. The summed E-state index contributed by atoms with van der Waals surface area (Å²) in [5.74, 6) is -0.515. The lowest BCUT2D eigenvalue weighted by atomic mass is 10.0. The van der Waals surface area contributed by atoms with Gasteiger partial charge in [-0.2, -0.15) is 5.10 Å². The summed E-state index contributed by atoms with van der Waals surface area (Å²) in [6.45, 7) is 1.37. The lowest BCUT2D eigenvalue weighted by Gasteiger charge is -2.22. The number of carbonyl (C=O) groups is 2. The Morgan fingerprint density at radius 2 is 2.25 bits per heavy atom. The zero-order valence-corrected chi connectivity index (χ0v) is 16.2. The minimum Gasteiger partial charge on any atom is -0.379 e. The molecular weight excluding hydrogens is 405 g/mol. The van der Waals surface area contributed by atoms with E-state index in [-0.39, 0.29) is 11.7 Å². The molecule has 28 heavy (non-hydrogen) atoms. The number of carbonyl (C=O) groups excluding carboxylic acids is 2. The molecule has 0 aliphatic carbocycles. The Bertz CT molecular complexity index is 1040. The van der Waals surface area contributed by atoms with Crippen molar-refractivity contribution in [1.29, 1.82) is 0 Å². The maximum absolute atomic E-state index is 12.6. The molecule has 1 aliphatic rings. The molecule has 1 unspecified atom stereocenters. The predicted molar refractivity (Wildman–Crippen MR) is 105 cm³/mol. The summed E-state index contributed by atoms with van der Waals surface area (Å²) in [5, 5.41) is 5.88. The smallest absolute Gasteiger partial charge is 0.286 e. The number of fused-ring (bicyclic) bond motifs is 1. The van der Waals surface area contributed by atoms with E-state index in [2.05, 4.69) is 20.9 Å². The molecule has 0 saturated carbocycles. The van der Waals surface area contributed by atoms with E-state index < -0.39 is 5.91 Å². The molecule has 3 heterocycles. The van der Waals surface area contributed by atoms with Crippen LogP contribution in [-0.2, 0) is 9.53 Å². The number of H-pyrrole nitrogens is 1. The van der Waals surface area contributed by atoms with E-state index in [1.807, 2.05) is 10.9 Å². The molecule has 2 aromatic heterocycles. The highest BCUT2D eigenvalue weighted by molar-refractivity contribution is 6.45. The maximum atomic E-state index is 12.6. The van der Waals surface area contributed by atoms with Crippen molar-refractivity contribution in [3.05, 3.63) is 40.3 Å². The van der Waals surface area contributed by atoms with Crippen LogP contribution in [0.15, 0.2) is 24.5 Å². The zero-order valence-electron chi connectivity index (χ0n) is 14.7. The van der Waals surface area contributed by atoms with Crippen LogP contribution in [-0.4, -0.2) is 40.3 Å². The number of rotatable bonds is 5. The van der Waals surface area contributed by atoms with Gasteiger partial charge in [0.25, 0.3) is 5.91 Å². The van der Waals surface area contributed by atoms with Gasteiger partial charge in [0.2, 0.25) is 6.41 Å². The van der Waals surface area contributed by atoms with Crippen molar-refractivity contribution in [1.82, 2.24) is 25.6 Å². The molecule has 1 saturated heterocycles. The van der Waals surface area contributed by atoms with E-state index in [1.54, 1.807) is 18.3 Å². The molecule has 3 N–H and O–H groups in total. The fourth-order valence-electron chi connectivity index (χ4n) is 3.43. The van der Waals surface area contributed by atoms with Gasteiger partial charge in [0.15, 0.2) is 0 Å². The van der Waals surface area contributed by atoms with Gasteiger partial charge in [-0.05, 0) is 18.9 Å². The van der Waals surface area contributed by atoms with E-state index in [0.717, 1.165) is 30.4 Å². The number of amides is 2. The summed E-state index contributed by atoms with van der Waals surface area (Å²) in [5.41, 5.74) is 6.62. The van der Waals surface area contributed by atoms with Crippen LogP contribution < -0.4 is 10.9 Å². The number of aromatic nitrogens is 3. The molecular formula is C18H17Cl2N5O3. The quantitative estimate of drug-likeness (QED) is 0.435. The summed E-state index contributed by atoms with van der Waals surface area (Å²) in [6.07, 6.45) is 5.92. The normalized spacial score (nSPS) is 16.9. The van der Waals surface area contributed by atoms with Gasteiger partial charge in [-0.15, -0.1) is 0 Å². The molecule has 0 radical (unpaired) electrons. The van der Waals surface area contributed by atoms with Crippen molar-refractivity contribution in [3.63, 3.8) is 0 Å². The molecule has 3 aromatic rings. The zero-order chi connectivity index (χ0) is 19.7. The second kappa shape index (κ2) is 7.83. The van der Waals surface area contributed by atoms with Crippen LogP contribution in [0.2, 0.25) is 10.0 Å². The maximum Gasteiger partial charge on any atom is 0.286 e. The predicted octanol–water partition coefficient (Wildman–Crippen LogP) is 3.08. The van der Waals surface area contributed by atoms with Crippen molar-refractivity contribution >= 4 is 46.4 Å². The lowest BCUT2D eigenvalue weighted by Crippen LogP contribution is -2.36. The second-order valence-corrected chi connectivity index (χ2v) is 7.24. The molecule has 10 heteroatoms. The number of hydrazine groups is 1. The van der Waals surface area contributed by atoms with Gasteiger partial charge >= 0.3 is 0 Å². The first-order valence-electron chi connectivity index (χ1n) is 8.71. The Morgan fingerprint density at radius 1 is 1.39 bits per heavy atom. The first-order chi connectivity index (χ1) is 13.6. The van der Waals surface area contributed by atoms with Crippen LogP contribution >= 0.6 is 23.2 Å². The molecule has 8 nitrogen and oxygen atoms in total. The Morgan fingerprint density at radius 3 is 3.00 bits per heavy atom. The van der Waals surface area contributed by atoms with E-state index >= 15 is 0 Å². The average molecular weight is 422 g/mol. The standard InChI is InChI=1S/C18H17Cl2N5O3/c19-13-4-3-12-14(10-6-22-25(7-10)11-2-1-5-28-8-11)17(18(27)24-21-9-26)23-16(12)15(13)20/h3-4,6-7,9,11,23H,1-2,5,8H2,(H,21,26)(H,24,27). The van der Waals surface area contributed by atoms with Crippen LogP contribution in [0.25, 0.3) is 22.0 Å². The van der Waals surface area contributed by atoms with Crippen molar-refractivity contribution in [2.24, 2.45) is 0 Å². The number of hydrogen-bond donors (Lipinski definition) is 3. The van der Waals surface area contributed by atoms with E-state index in [4.69, 9.17) is 27.9 Å². The largest absolute Gasteiger partial charge is 0.379 e. The highest BCUT2D eigenvalue weighted by Gasteiger charge is 2.24. The third-order valence-corrected chi connectivity index (χ3v) is 5.54. The third-order valence-electron chi connectivity index (χ3n) is 4.74. The Hall–Kier alpha value is -2.55. The fraction of sp³-hybridized carbons (Fsp3) is 0.278. The summed E-state index contributed by atoms with van der Waals surface area (Å²) in [7, 11) is 0. The van der Waals surface area contributed by atoms with Crippen LogP contribution in [0.3, 0.4) is 0 Å². The Kier molecular flexibility index (Phi) is 5.25. The molecule has 0 spiro atoms. The van der Waals surface area contributed by atoms with Gasteiger partial charge in [0, 0.05) is 29.3 Å². The van der Waals surface area contributed by atoms with Crippen molar-refractivity contribution in [2.75, 3.05) is 13.2 Å². The first kappa shape index (κ1) is 18.8. The molecule has 146 valence electrons. The van der Waals surface area contributed by atoms with E-state index in [9.17, 15) is 9.59 Å². The second-order valence-electron chi connectivity index (χ2n) is 6.46. The van der Waals surface area contributed by atoms with Crippen molar-refractivity contribution < 1.29 is 14.3 Å². The van der Waals surface area contributed by atoms with Crippen molar-refractivity contribution in [3.8, 4) is 11.1 Å². The minimum absolute atomic E-state index is 0.153. The highest BCUT2D eigenvalue weighted by Crippen LogP contribution is 2.38.